The van der Waals surface area contributed by atoms with E-state index in [-0.39, 0.29) is 12.1 Å². The number of unbranched alkanes of at least 4 members (excludes halogenated alkanes) is 3. The summed E-state index contributed by atoms with van der Waals surface area (Å²) in [6, 6.07) is 2.68. The zero-order valence-electron chi connectivity index (χ0n) is 19.9. The van der Waals surface area contributed by atoms with Crippen LogP contribution in [-0.4, -0.2) is 35.0 Å². The van der Waals surface area contributed by atoms with Crippen molar-refractivity contribution in [2.24, 2.45) is 0 Å². The number of amides is 1. The molecule has 0 radical (unpaired) electrons. The van der Waals surface area contributed by atoms with Gasteiger partial charge in [-0.25, -0.2) is 0 Å². The van der Waals surface area contributed by atoms with Crippen LogP contribution in [-0.2, 0) is 11.3 Å². The Balaban J connectivity index is 2.28. The van der Waals surface area contributed by atoms with Crippen LogP contribution in [0.1, 0.15) is 103 Å². The van der Waals surface area contributed by atoms with Gasteiger partial charge in [-0.05, 0) is 0 Å². The standard InChI is InChI=1S/C12H16NO2S.3C4H9.Sn/c1-8-9-5-6-16-10(9)7-13(8)11(14)15-12(2,3)4;3*1-3-4-2;/h5,8H,7H2,1-4H3;3*1,3-4H2,2H3;. The molecule has 1 unspecified atom stereocenters. The van der Waals surface area contributed by atoms with E-state index in [1.807, 2.05) is 25.7 Å². The molecule has 1 aromatic rings. The van der Waals surface area contributed by atoms with E-state index < -0.39 is 24.0 Å². The summed E-state index contributed by atoms with van der Waals surface area (Å²) in [6.07, 6.45) is 7.94. The molecule has 2 rings (SSSR count). The number of ether oxygens (including phenoxy) is 1. The van der Waals surface area contributed by atoms with Gasteiger partial charge in [0, 0.05) is 0 Å². The molecule has 0 saturated heterocycles. The maximum atomic E-state index is 12.7. The first kappa shape index (κ1) is 25.0. The molecule has 2 heterocycles. The SMILES string of the molecule is CCC[CH2][Sn]([CH2]CCC)([CH2]CCC)[c]1cc2c(s1)CN(C(=O)OC(C)(C)C)C2C. The Hall–Kier alpha value is -0.231. The van der Waals surface area contributed by atoms with Gasteiger partial charge in [0.2, 0.25) is 0 Å². The molecule has 1 aliphatic rings. The molecular weight excluding hydrogens is 485 g/mol. The Morgan fingerprint density at radius 3 is 2.03 bits per heavy atom. The summed E-state index contributed by atoms with van der Waals surface area (Å²) in [5.41, 5.74) is 0.964. The van der Waals surface area contributed by atoms with Crippen molar-refractivity contribution in [3.05, 3.63) is 16.5 Å². The minimum absolute atomic E-state index is 0.136. The van der Waals surface area contributed by atoms with Gasteiger partial charge >= 0.3 is 188 Å². The van der Waals surface area contributed by atoms with Gasteiger partial charge in [0.25, 0.3) is 0 Å². The van der Waals surface area contributed by atoms with E-state index in [1.54, 1.807) is 2.89 Å². The quantitative estimate of drug-likeness (QED) is 0.293. The van der Waals surface area contributed by atoms with E-state index in [1.165, 1.54) is 62.3 Å². The van der Waals surface area contributed by atoms with Crippen molar-refractivity contribution in [1.82, 2.24) is 4.90 Å². The van der Waals surface area contributed by atoms with Crippen molar-refractivity contribution in [3.8, 4) is 0 Å². The van der Waals surface area contributed by atoms with Crippen molar-refractivity contribution >= 4 is 38.7 Å². The Kier molecular flexibility index (Phi) is 9.39. The molecule has 3 nitrogen and oxygen atoms in total. The van der Waals surface area contributed by atoms with Gasteiger partial charge in [-0.1, -0.05) is 0 Å². The number of carbonyl (C=O) groups is 1. The zero-order chi connectivity index (χ0) is 21.7. The average Bonchev–Trinajstić information content (AvgIpc) is 3.20. The minimum atomic E-state index is -2.38. The van der Waals surface area contributed by atoms with Crippen molar-refractivity contribution in [1.29, 1.82) is 0 Å². The molecule has 0 bridgehead atoms. The zero-order valence-corrected chi connectivity index (χ0v) is 23.6. The van der Waals surface area contributed by atoms with E-state index in [0.29, 0.717) is 0 Å². The number of carbonyl (C=O) groups excluding carboxylic acids is 1. The fourth-order valence-electron chi connectivity index (χ4n) is 4.47. The molecule has 5 heteroatoms. The third-order valence-electron chi connectivity index (χ3n) is 6.25. The Morgan fingerprint density at radius 2 is 1.62 bits per heavy atom. The molecule has 0 N–H and O–H groups in total. The predicted molar refractivity (Wildman–Crippen MR) is 129 cm³/mol. The molecule has 0 spiro atoms. The third kappa shape index (κ3) is 6.38. The number of nitrogens with zero attached hydrogens (tertiary/aromatic N) is 1. The molecule has 1 aliphatic heterocycles. The van der Waals surface area contributed by atoms with E-state index in [9.17, 15) is 4.79 Å². The number of hydrogen-bond donors (Lipinski definition) is 0. The van der Waals surface area contributed by atoms with Crippen LogP contribution in [0.5, 0.6) is 0 Å². The molecule has 0 fully saturated rings. The van der Waals surface area contributed by atoms with Gasteiger partial charge in [0.05, 0.1) is 0 Å². The first-order valence-electron chi connectivity index (χ1n) is 11.8. The molecule has 0 saturated carbocycles. The third-order valence-corrected chi connectivity index (χ3v) is 25.6. The first-order chi connectivity index (χ1) is 13.7. The van der Waals surface area contributed by atoms with Crippen LogP contribution >= 0.6 is 11.3 Å². The molecule has 1 atom stereocenters. The maximum absolute atomic E-state index is 12.7. The van der Waals surface area contributed by atoms with Crippen LogP contribution in [0.25, 0.3) is 0 Å². The summed E-state index contributed by atoms with van der Waals surface area (Å²) < 4.78 is 12.0. The van der Waals surface area contributed by atoms with Crippen LogP contribution in [0.4, 0.5) is 4.79 Å². The van der Waals surface area contributed by atoms with E-state index >= 15 is 0 Å². The van der Waals surface area contributed by atoms with Crippen molar-refractivity contribution in [2.75, 3.05) is 0 Å². The molecule has 0 aliphatic carbocycles. The van der Waals surface area contributed by atoms with E-state index in [4.69, 9.17) is 4.74 Å². The number of fused-ring (bicyclic) bond motifs is 1. The Labute approximate surface area is 187 Å². The number of thiophene rings is 1. The molecule has 29 heavy (non-hydrogen) atoms. The van der Waals surface area contributed by atoms with Crippen LogP contribution in [0.2, 0.25) is 13.3 Å². The van der Waals surface area contributed by atoms with Crippen LogP contribution in [0.15, 0.2) is 6.07 Å². The average molecular weight is 528 g/mol. The van der Waals surface area contributed by atoms with Gasteiger partial charge in [0.15, 0.2) is 0 Å². The van der Waals surface area contributed by atoms with Gasteiger partial charge in [0.1, 0.15) is 0 Å². The molecular formula is C24H43NO2SSn. The normalized spacial score (nSPS) is 16.9. The fourth-order valence-corrected chi connectivity index (χ4v) is 25.0. The van der Waals surface area contributed by atoms with Gasteiger partial charge in [-0.3, -0.25) is 0 Å². The van der Waals surface area contributed by atoms with Crippen molar-refractivity contribution < 1.29 is 9.53 Å². The molecule has 0 aromatic carbocycles. The Morgan fingerprint density at radius 1 is 1.10 bits per heavy atom. The van der Waals surface area contributed by atoms with Crippen molar-refractivity contribution in [2.45, 2.75) is 118 Å². The second kappa shape index (κ2) is 10.9. The molecule has 1 amide bonds. The van der Waals surface area contributed by atoms with Crippen molar-refractivity contribution in [3.63, 3.8) is 0 Å². The fraction of sp³-hybridized carbons (Fsp3) is 0.792. The van der Waals surface area contributed by atoms with Gasteiger partial charge in [-0.15, -0.1) is 0 Å². The second-order valence-corrected chi connectivity index (χ2v) is 25.2. The van der Waals surface area contributed by atoms with Gasteiger partial charge in [-0.2, -0.15) is 0 Å². The van der Waals surface area contributed by atoms with Crippen LogP contribution in [0.3, 0.4) is 0 Å². The van der Waals surface area contributed by atoms with Gasteiger partial charge < -0.3 is 0 Å². The summed E-state index contributed by atoms with van der Waals surface area (Å²) >= 11 is -0.309. The monoisotopic (exact) mass is 529 g/mol. The summed E-state index contributed by atoms with van der Waals surface area (Å²) in [5.74, 6) is 0. The summed E-state index contributed by atoms with van der Waals surface area (Å²) in [4.78, 5) is 16.0. The number of hydrogen-bond acceptors (Lipinski definition) is 3. The summed E-state index contributed by atoms with van der Waals surface area (Å²) in [6.45, 7) is 15.7. The predicted octanol–water partition coefficient (Wildman–Crippen LogP) is 7.62. The molecule has 166 valence electrons. The summed E-state index contributed by atoms with van der Waals surface area (Å²) in [7, 11) is 0. The van der Waals surface area contributed by atoms with E-state index in [0.717, 1.165) is 6.54 Å². The van der Waals surface area contributed by atoms with E-state index in [2.05, 4.69) is 45.1 Å². The second-order valence-electron chi connectivity index (χ2n) is 9.86. The number of rotatable bonds is 10. The van der Waals surface area contributed by atoms with Crippen LogP contribution < -0.4 is 2.89 Å². The Bertz CT molecular complexity index is 643. The topological polar surface area (TPSA) is 29.5 Å². The first-order valence-corrected chi connectivity index (χ1v) is 20.1. The van der Waals surface area contributed by atoms with Crippen LogP contribution in [0, 0.1) is 0 Å². The molecule has 1 aromatic heterocycles. The summed E-state index contributed by atoms with van der Waals surface area (Å²) in [5, 5.41) is 0.